The molecule has 1 unspecified atom stereocenters. The van der Waals surface area contributed by atoms with Gasteiger partial charge in [0.25, 0.3) is 11.8 Å². The molecule has 220 valence electrons. The zero-order chi connectivity index (χ0) is 31.0. The van der Waals surface area contributed by atoms with Gasteiger partial charge in [0.15, 0.2) is 0 Å². The first-order valence-corrected chi connectivity index (χ1v) is 15.3. The van der Waals surface area contributed by atoms with E-state index < -0.39 is 32.9 Å². The van der Waals surface area contributed by atoms with Gasteiger partial charge in [-0.05, 0) is 85.3 Å². The zero-order valence-corrected chi connectivity index (χ0v) is 24.4. The minimum absolute atomic E-state index is 0.0558. The Hall–Kier alpha value is -4.78. The van der Waals surface area contributed by atoms with Crippen LogP contribution in [0.25, 0.3) is 6.08 Å². The monoisotopic (exact) mass is 618 g/mol. The van der Waals surface area contributed by atoms with Crippen LogP contribution in [0.15, 0.2) is 119 Å². The molecule has 5 N–H and O–H groups in total. The van der Waals surface area contributed by atoms with Gasteiger partial charge in [0.05, 0.1) is 10.1 Å². The molecule has 0 radical (unpaired) electrons. The molecular formula is C31H27FN4O5S2. The Morgan fingerprint density at radius 1 is 0.837 bits per heavy atom. The van der Waals surface area contributed by atoms with Crippen molar-refractivity contribution in [3.63, 3.8) is 0 Å². The number of sulfonamides is 1. The van der Waals surface area contributed by atoms with Crippen molar-refractivity contribution in [3.8, 4) is 0 Å². The first-order chi connectivity index (χ1) is 20.5. The molecule has 0 bridgehead atoms. The van der Waals surface area contributed by atoms with Crippen LogP contribution in [0.1, 0.15) is 22.8 Å². The van der Waals surface area contributed by atoms with Crippen LogP contribution in [0, 0.1) is 5.82 Å². The Morgan fingerprint density at radius 3 is 2.16 bits per heavy atom. The lowest BCUT2D eigenvalue weighted by molar-refractivity contribution is -0.115. The van der Waals surface area contributed by atoms with Crippen molar-refractivity contribution < 1.29 is 27.2 Å². The molecule has 12 heteroatoms. The highest BCUT2D eigenvalue weighted by molar-refractivity contribution is 8.00. The van der Waals surface area contributed by atoms with E-state index in [4.69, 9.17) is 5.14 Å². The fraction of sp³-hybridized carbons (Fsp3) is 0.0645. The molecule has 1 atom stereocenters. The van der Waals surface area contributed by atoms with Crippen LogP contribution in [0.3, 0.4) is 0 Å². The van der Waals surface area contributed by atoms with Crippen molar-refractivity contribution in [3.05, 3.63) is 126 Å². The largest absolute Gasteiger partial charge is 0.325 e. The third-order valence-electron chi connectivity index (χ3n) is 5.93. The summed E-state index contributed by atoms with van der Waals surface area (Å²) in [6.07, 6.45) is 1.44. The summed E-state index contributed by atoms with van der Waals surface area (Å²) in [4.78, 5) is 39.5. The first kappa shape index (κ1) is 31.2. The standard InChI is InChI=1S/C31H27FN4O5S2/c1-20(29(37)34-24-14-16-27(17-15-24)43(33,40)41)42-26-9-5-8-25(19-26)35-31(39)28(18-21-10-12-23(32)13-11-21)36-30(38)22-6-3-2-4-7-22/h2-20H,1H3,(H,34,37)(H,35,39)(H,36,38)(H2,33,40,41)/b28-18-. The number of thioether (sulfide) groups is 1. The number of carbonyl (C=O) groups excluding carboxylic acids is 3. The van der Waals surface area contributed by atoms with Gasteiger partial charge in [-0.15, -0.1) is 11.8 Å². The Bertz CT molecular complexity index is 1760. The molecule has 0 saturated carbocycles. The van der Waals surface area contributed by atoms with Gasteiger partial charge in [-0.1, -0.05) is 36.4 Å². The van der Waals surface area contributed by atoms with Gasteiger partial charge in [-0.25, -0.2) is 17.9 Å². The van der Waals surface area contributed by atoms with Gasteiger partial charge in [-0.3, -0.25) is 14.4 Å². The number of benzene rings is 4. The number of halogens is 1. The maximum atomic E-state index is 13.4. The lowest BCUT2D eigenvalue weighted by atomic mass is 10.1. The summed E-state index contributed by atoms with van der Waals surface area (Å²) in [5.74, 6) is -1.86. The van der Waals surface area contributed by atoms with Crippen molar-refractivity contribution in [1.29, 1.82) is 0 Å². The Kier molecular flexibility index (Phi) is 10.1. The fourth-order valence-electron chi connectivity index (χ4n) is 3.74. The van der Waals surface area contributed by atoms with E-state index in [0.717, 1.165) is 0 Å². The van der Waals surface area contributed by atoms with Gasteiger partial charge in [0.2, 0.25) is 15.9 Å². The van der Waals surface area contributed by atoms with Crippen LogP contribution in [-0.4, -0.2) is 31.4 Å². The SMILES string of the molecule is CC(Sc1cccc(NC(=O)/C(=C/c2ccc(F)cc2)NC(=O)c2ccccc2)c1)C(=O)Nc1ccc(S(N)(=O)=O)cc1. The lowest BCUT2D eigenvalue weighted by Crippen LogP contribution is -2.30. The Morgan fingerprint density at radius 2 is 1.51 bits per heavy atom. The molecule has 0 aromatic heterocycles. The van der Waals surface area contributed by atoms with Crippen molar-refractivity contribution >= 4 is 57.0 Å². The third-order valence-corrected chi connectivity index (χ3v) is 7.96. The third kappa shape index (κ3) is 9.10. The topological polar surface area (TPSA) is 147 Å². The second kappa shape index (κ2) is 13.9. The van der Waals surface area contributed by atoms with Crippen LogP contribution in [-0.2, 0) is 19.6 Å². The van der Waals surface area contributed by atoms with Gasteiger partial charge < -0.3 is 16.0 Å². The van der Waals surface area contributed by atoms with E-state index in [2.05, 4.69) is 16.0 Å². The molecule has 0 aliphatic heterocycles. The fourth-order valence-corrected chi connectivity index (χ4v) is 5.18. The smallest absolute Gasteiger partial charge is 0.272 e. The summed E-state index contributed by atoms with van der Waals surface area (Å²) in [6.45, 7) is 1.70. The van der Waals surface area contributed by atoms with E-state index in [0.29, 0.717) is 27.4 Å². The zero-order valence-electron chi connectivity index (χ0n) is 22.8. The summed E-state index contributed by atoms with van der Waals surface area (Å²) >= 11 is 1.24. The summed E-state index contributed by atoms with van der Waals surface area (Å²) in [6, 6.07) is 26.2. The molecule has 9 nitrogen and oxygen atoms in total. The van der Waals surface area contributed by atoms with Crippen LogP contribution in [0.5, 0.6) is 0 Å². The molecule has 4 rings (SSSR count). The average molecular weight is 619 g/mol. The number of nitrogens with one attached hydrogen (secondary N) is 3. The van der Waals surface area contributed by atoms with Crippen molar-refractivity contribution in [2.45, 2.75) is 22.0 Å². The number of anilines is 2. The predicted molar refractivity (Wildman–Crippen MR) is 165 cm³/mol. The minimum atomic E-state index is -3.84. The number of carbonyl (C=O) groups is 3. The van der Waals surface area contributed by atoms with Crippen LogP contribution < -0.4 is 21.1 Å². The van der Waals surface area contributed by atoms with Crippen molar-refractivity contribution in [1.82, 2.24) is 5.32 Å². The van der Waals surface area contributed by atoms with Crippen LogP contribution in [0.4, 0.5) is 15.8 Å². The predicted octanol–water partition coefficient (Wildman–Crippen LogP) is 5.00. The summed E-state index contributed by atoms with van der Waals surface area (Å²) in [7, 11) is -3.84. The maximum absolute atomic E-state index is 13.4. The molecule has 4 aromatic carbocycles. The van der Waals surface area contributed by atoms with E-state index in [9.17, 15) is 27.2 Å². The number of amides is 3. The normalized spacial score (nSPS) is 12.2. The summed E-state index contributed by atoms with van der Waals surface area (Å²) < 4.78 is 36.3. The van der Waals surface area contributed by atoms with Crippen molar-refractivity contribution in [2.24, 2.45) is 5.14 Å². The van der Waals surface area contributed by atoms with Gasteiger partial charge in [0, 0.05) is 21.8 Å². The Labute approximate surface area is 252 Å². The first-order valence-electron chi connectivity index (χ1n) is 12.8. The van der Waals surface area contributed by atoms with E-state index in [1.807, 2.05) is 0 Å². The quantitative estimate of drug-likeness (QED) is 0.145. The summed E-state index contributed by atoms with van der Waals surface area (Å²) in [5.41, 5.74) is 1.62. The number of hydrogen-bond acceptors (Lipinski definition) is 6. The second-order valence-electron chi connectivity index (χ2n) is 9.23. The molecule has 0 aliphatic carbocycles. The maximum Gasteiger partial charge on any atom is 0.272 e. The Balaban J connectivity index is 1.45. The lowest BCUT2D eigenvalue weighted by Gasteiger charge is -2.14. The number of primary sulfonamides is 1. The molecule has 0 spiro atoms. The molecule has 0 fully saturated rings. The molecule has 0 saturated heterocycles. The van der Waals surface area contributed by atoms with Crippen LogP contribution >= 0.6 is 11.8 Å². The van der Waals surface area contributed by atoms with E-state index in [1.165, 1.54) is 66.4 Å². The number of rotatable bonds is 10. The summed E-state index contributed by atoms with van der Waals surface area (Å²) in [5, 5.41) is 12.7. The van der Waals surface area contributed by atoms with Gasteiger partial charge >= 0.3 is 0 Å². The molecule has 0 aliphatic rings. The molecule has 4 aromatic rings. The average Bonchev–Trinajstić information content (AvgIpc) is 2.98. The van der Waals surface area contributed by atoms with Gasteiger partial charge in [-0.2, -0.15) is 0 Å². The molecular weight excluding hydrogens is 591 g/mol. The number of nitrogens with two attached hydrogens (primary N) is 1. The second-order valence-corrected chi connectivity index (χ2v) is 12.2. The van der Waals surface area contributed by atoms with E-state index in [-0.39, 0.29) is 16.5 Å². The highest BCUT2D eigenvalue weighted by Gasteiger charge is 2.18. The highest BCUT2D eigenvalue weighted by atomic mass is 32.2. The van der Waals surface area contributed by atoms with Crippen LogP contribution in [0.2, 0.25) is 0 Å². The van der Waals surface area contributed by atoms with E-state index >= 15 is 0 Å². The molecule has 3 amide bonds. The highest BCUT2D eigenvalue weighted by Crippen LogP contribution is 2.27. The minimum Gasteiger partial charge on any atom is -0.325 e. The molecule has 0 heterocycles. The number of hydrogen-bond donors (Lipinski definition) is 4. The van der Waals surface area contributed by atoms with E-state index in [1.54, 1.807) is 61.5 Å². The molecule has 43 heavy (non-hydrogen) atoms. The van der Waals surface area contributed by atoms with Gasteiger partial charge in [0.1, 0.15) is 11.5 Å². The van der Waals surface area contributed by atoms with Crippen molar-refractivity contribution in [2.75, 3.05) is 10.6 Å².